The average Bonchev–Trinajstić information content (AvgIpc) is 2.96. The summed E-state index contributed by atoms with van der Waals surface area (Å²) in [6.45, 7) is 1.92. The van der Waals surface area contributed by atoms with Gasteiger partial charge in [0.05, 0.1) is 0 Å². The fourth-order valence-corrected chi connectivity index (χ4v) is 2.89. The Balaban J connectivity index is 1.65. The summed E-state index contributed by atoms with van der Waals surface area (Å²) >= 11 is 0. The largest absolute Gasteiger partial charge is 0.347 e. The third-order valence-corrected chi connectivity index (χ3v) is 4.30. The zero-order valence-electron chi connectivity index (χ0n) is 14.1. The molecule has 3 rings (SSSR count). The van der Waals surface area contributed by atoms with Crippen LogP contribution in [-0.2, 0) is 6.54 Å². The molecule has 0 radical (unpaired) electrons. The number of nitrogens with one attached hydrogen (secondary N) is 1. The standard InChI is InChI=1S/C19H22N4O2/c24-18(21-14-15-8-10-20-11-9-15)16-6-5-7-17(22-16)19(25)23-12-3-1-2-4-13-23/h5-11H,1-4,12-14H2,(H,21,24). The van der Waals surface area contributed by atoms with Crippen molar-refractivity contribution >= 4 is 11.8 Å². The normalized spacial score (nSPS) is 14.6. The number of nitrogens with zero attached hydrogens (tertiary/aromatic N) is 3. The van der Waals surface area contributed by atoms with E-state index < -0.39 is 0 Å². The molecule has 1 aliphatic rings. The number of likely N-dealkylation sites (tertiary alicyclic amines) is 1. The van der Waals surface area contributed by atoms with Gasteiger partial charge in [-0.05, 0) is 42.7 Å². The third kappa shape index (κ3) is 4.62. The van der Waals surface area contributed by atoms with Crippen LogP contribution in [0.1, 0.15) is 52.2 Å². The Bertz CT molecular complexity index is 725. The van der Waals surface area contributed by atoms with E-state index >= 15 is 0 Å². The van der Waals surface area contributed by atoms with Crippen molar-refractivity contribution in [2.24, 2.45) is 0 Å². The van der Waals surface area contributed by atoms with Crippen molar-refractivity contribution in [3.63, 3.8) is 0 Å². The van der Waals surface area contributed by atoms with Crippen molar-refractivity contribution in [3.8, 4) is 0 Å². The molecule has 0 bridgehead atoms. The van der Waals surface area contributed by atoms with Crippen LogP contribution in [0.3, 0.4) is 0 Å². The second kappa shape index (κ2) is 8.37. The Hall–Kier alpha value is -2.76. The van der Waals surface area contributed by atoms with E-state index in [2.05, 4.69) is 15.3 Å². The van der Waals surface area contributed by atoms with Crippen molar-refractivity contribution in [3.05, 3.63) is 59.7 Å². The number of hydrogen-bond acceptors (Lipinski definition) is 4. The molecule has 6 nitrogen and oxygen atoms in total. The average molecular weight is 338 g/mol. The van der Waals surface area contributed by atoms with E-state index in [-0.39, 0.29) is 17.5 Å². The molecule has 2 amide bonds. The highest BCUT2D eigenvalue weighted by atomic mass is 16.2. The van der Waals surface area contributed by atoms with Crippen LogP contribution in [0.5, 0.6) is 0 Å². The van der Waals surface area contributed by atoms with Crippen LogP contribution in [0.25, 0.3) is 0 Å². The molecule has 2 aromatic heterocycles. The van der Waals surface area contributed by atoms with Gasteiger partial charge in [0.25, 0.3) is 11.8 Å². The van der Waals surface area contributed by atoms with E-state index in [0.29, 0.717) is 12.2 Å². The zero-order valence-corrected chi connectivity index (χ0v) is 14.1. The lowest BCUT2D eigenvalue weighted by molar-refractivity contribution is 0.0755. The molecule has 0 spiro atoms. The van der Waals surface area contributed by atoms with Crippen molar-refractivity contribution in [1.29, 1.82) is 0 Å². The van der Waals surface area contributed by atoms with Gasteiger partial charge in [-0.2, -0.15) is 0 Å². The fraction of sp³-hybridized carbons (Fsp3) is 0.368. The lowest BCUT2D eigenvalue weighted by Gasteiger charge is -2.19. The molecule has 0 saturated carbocycles. The summed E-state index contributed by atoms with van der Waals surface area (Å²) in [6.07, 6.45) is 7.74. The van der Waals surface area contributed by atoms with Crippen LogP contribution in [-0.4, -0.2) is 39.8 Å². The van der Waals surface area contributed by atoms with E-state index in [9.17, 15) is 9.59 Å². The Labute approximate surface area is 147 Å². The van der Waals surface area contributed by atoms with Crippen LogP contribution >= 0.6 is 0 Å². The summed E-state index contributed by atoms with van der Waals surface area (Å²) in [6, 6.07) is 8.69. The molecule has 1 fully saturated rings. The Kier molecular flexibility index (Phi) is 5.72. The Morgan fingerprint density at radius 1 is 0.960 bits per heavy atom. The first-order valence-electron chi connectivity index (χ1n) is 8.67. The summed E-state index contributed by atoms with van der Waals surface area (Å²) in [5, 5.41) is 2.82. The highest BCUT2D eigenvalue weighted by molar-refractivity contribution is 5.96. The summed E-state index contributed by atoms with van der Waals surface area (Å²) < 4.78 is 0. The second-order valence-corrected chi connectivity index (χ2v) is 6.15. The summed E-state index contributed by atoms with van der Waals surface area (Å²) in [4.78, 5) is 35.0. The van der Waals surface area contributed by atoms with Crippen LogP contribution < -0.4 is 5.32 Å². The maximum absolute atomic E-state index is 12.6. The minimum Gasteiger partial charge on any atom is -0.347 e. The van der Waals surface area contributed by atoms with Crippen LogP contribution in [0.15, 0.2) is 42.7 Å². The Morgan fingerprint density at radius 3 is 2.36 bits per heavy atom. The quantitative estimate of drug-likeness (QED) is 0.929. The smallest absolute Gasteiger partial charge is 0.272 e. The zero-order chi connectivity index (χ0) is 17.5. The van der Waals surface area contributed by atoms with Crippen molar-refractivity contribution in [1.82, 2.24) is 20.2 Å². The number of rotatable bonds is 4. The van der Waals surface area contributed by atoms with Gasteiger partial charge >= 0.3 is 0 Å². The van der Waals surface area contributed by atoms with Gasteiger partial charge < -0.3 is 10.2 Å². The molecule has 6 heteroatoms. The minimum absolute atomic E-state index is 0.0920. The molecule has 0 unspecified atom stereocenters. The van der Waals surface area contributed by atoms with E-state index in [0.717, 1.165) is 44.3 Å². The Morgan fingerprint density at radius 2 is 1.64 bits per heavy atom. The van der Waals surface area contributed by atoms with Gasteiger partial charge in [-0.1, -0.05) is 18.9 Å². The fourth-order valence-electron chi connectivity index (χ4n) is 2.89. The SMILES string of the molecule is O=C(NCc1ccncc1)c1cccc(C(=O)N2CCCCCC2)n1. The molecule has 1 N–H and O–H groups in total. The molecule has 0 atom stereocenters. The molecule has 0 aliphatic carbocycles. The van der Waals surface area contributed by atoms with Gasteiger partial charge in [0.1, 0.15) is 11.4 Å². The molecular formula is C19H22N4O2. The van der Waals surface area contributed by atoms with Crippen molar-refractivity contribution in [2.75, 3.05) is 13.1 Å². The second-order valence-electron chi connectivity index (χ2n) is 6.15. The number of aromatic nitrogens is 2. The molecule has 25 heavy (non-hydrogen) atoms. The molecular weight excluding hydrogens is 316 g/mol. The summed E-state index contributed by atoms with van der Waals surface area (Å²) in [5.74, 6) is -0.381. The molecule has 2 aromatic rings. The van der Waals surface area contributed by atoms with E-state index in [4.69, 9.17) is 0 Å². The lowest BCUT2D eigenvalue weighted by atomic mass is 10.2. The number of amides is 2. The lowest BCUT2D eigenvalue weighted by Crippen LogP contribution is -2.33. The van der Waals surface area contributed by atoms with Crippen LogP contribution in [0.2, 0.25) is 0 Å². The van der Waals surface area contributed by atoms with Gasteiger partial charge in [-0.3, -0.25) is 14.6 Å². The molecule has 1 aliphatic heterocycles. The number of pyridine rings is 2. The molecule has 130 valence electrons. The maximum atomic E-state index is 12.6. The topological polar surface area (TPSA) is 75.2 Å². The minimum atomic E-state index is -0.290. The number of carbonyl (C=O) groups excluding carboxylic acids is 2. The van der Waals surface area contributed by atoms with E-state index in [1.54, 1.807) is 30.6 Å². The van der Waals surface area contributed by atoms with Gasteiger partial charge in [0.2, 0.25) is 0 Å². The number of hydrogen-bond donors (Lipinski definition) is 1. The van der Waals surface area contributed by atoms with Gasteiger partial charge in [-0.25, -0.2) is 4.98 Å². The third-order valence-electron chi connectivity index (χ3n) is 4.30. The van der Waals surface area contributed by atoms with E-state index in [1.807, 2.05) is 17.0 Å². The van der Waals surface area contributed by atoms with Crippen LogP contribution in [0.4, 0.5) is 0 Å². The highest BCUT2D eigenvalue weighted by Crippen LogP contribution is 2.13. The van der Waals surface area contributed by atoms with Gasteiger partial charge in [-0.15, -0.1) is 0 Å². The summed E-state index contributed by atoms with van der Waals surface area (Å²) in [7, 11) is 0. The van der Waals surface area contributed by atoms with Gasteiger partial charge in [0, 0.05) is 32.0 Å². The first-order chi connectivity index (χ1) is 12.2. The van der Waals surface area contributed by atoms with E-state index in [1.165, 1.54) is 0 Å². The molecule has 3 heterocycles. The molecule has 0 aromatic carbocycles. The first-order valence-corrected chi connectivity index (χ1v) is 8.67. The highest BCUT2D eigenvalue weighted by Gasteiger charge is 2.19. The van der Waals surface area contributed by atoms with Crippen LogP contribution in [0, 0.1) is 0 Å². The predicted octanol–water partition coefficient (Wildman–Crippen LogP) is 2.42. The van der Waals surface area contributed by atoms with Crippen molar-refractivity contribution in [2.45, 2.75) is 32.2 Å². The molecule has 1 saturated heterocycles. The maximum Gasteiger partial charge on any atom is 0.272 e. The summed E-state index contributed by atoms with van der Waals surface area (Å²) in [5.41, 5.74) is 1.55. The first kappa shape index (κ1) is 17.1. The predicted molar refractivity (Wildman–Crippen MR) is 94.0 cm³/mol. The number of carbonyl (C=O) groups is 2. The van der Waals surface area contributed by atoms with Crippen molar-refractivity contribution < 1.29 is 9.59 Å². The van der Waals surface area contributed by atoms with Gasteiger partial charge in [0.15, 0.2) is 0 Å². The monoisotopic (exact) mass is 338 g/mol.